The highest BCUT2D eigenvalue weighted by Crippen LogP contribution is 2.30. The first-order chi connectivity index (χ1) is 9.45. The van der Waals surface area contributed by atoms with Crippen molar-refractivity contribution in [3.8, 4) is 5.75 Å². The molecule has 112 valence electrons. The summed E-state index contributed by atoms with van der Waals surface area (Å²) in [6.45, 7) is 6.92. The molecule has 0 heterocycles. The Labute approximate surface area is 129 Å². The Balaban J connectivity index is 2.70. The predicted molar refractivity (Wildman–Crippen MR) is 83.2 cm³/mol. The Kier molecular flexibility index (Phi) is 7.02. The van der Waals surface area contributed by atoms with Crippen molar-refractivity contribution in [1.29, 1.82) is 0 Å². The molecular weight excluding hydrogens is 322 g/mol. The number of hydrogen-bond acceptors (Lipinski definition) is 3. The lowest BCUT2D eigenvalue weighted by atomic mass is 10.0. The topological polar surface area (TPSA) is 47.6 Å². The number of hydrogen-bond donors (Lipinski definition) is 1. The predicted octanol–water partition coefficient (Wildman–Crippen LogP) is 3.10. The minimum absolute atomic E-state index is 0.139. The van der Waals surface area contributed by atoms with Gasteiger partial charge in [-0.15, -0.1) is 0 Å². The molecule has 1 rings (SSSR count). The maximum atomic E-state index is 11.9. The van der Waals surface area contributed by atoms with Crippen LogP contribution < -0.4 is 10.1 Å². The summed E-state index contributed by atoms with van der Waals surface area (Å²) in [6, 6.07) is 5.82. The molecule has 0 bridgehead atoms. The second-order valence-electron chi connectivity index (χ2n) is 4.88. The van der Waals surface area contributed by atoms with Gasteiger partial charge in [-0.1, -0.05) is 29.8 Å². The van der Waals surface area contributed by atoms with Crippen LogP contribution in [-0.2, 0) is 9.53 Å². The van der Waals surface area contributed by atoms with Crippen molar-refractivity contribution in [2.45, 2.75) is 32.8 Å². The SMILES string of the molecule is COCCNC(=O)C(C)Oc1ccc(Br)cc1C(C)C. The van der Waals surface area contributed by atoms with Crippen molar-refractivity contribution in [3.05, 3.63) is 28.2 Å². The van der Waals surface area contributed by atoms with Gasteiger partial charge >= 0.3 is 0 Å². The second-order valence-corrected chi connectivity index (χ2v) is 5.80. The summed E-state index contributed by atoms with van der Waals surface area (Å²) < 4.78 is 11.7. The number of amides is 1. The molecule has 1 amide bonds. The molecule has 0 fully saturated rings. The van der Waals surface area contributed by atoms with E-state index in [0.717, 1.165) is 15.8 Å². The van der Waals surface area contributed by atoms with E-state index < -0.39 is 6.10 Å². The summed E-state index contributed by atoms with van der Waals surface area (Å²) in [5, 5.41) is 2.77. The number of rotatable bonds is 7. The Morgan fingerprint density at radius 2 is 2.05 bits per heavy atom. The first kappa shape index (κ1) is 17.0. The Bertz CT molecular complexity index is 449. The van der Waals surface area contributed by atoms with Crippen LogP contribution in [0.1, 0.15) is 32.3 Å². The zero-order chi connectivity index (χ0) is 15.1. The summed E-state index contributed by atoms with van der Waals surface area (Å²) in [6.07, 6.45) is -0.537. The number of halogens is 1. The van der Waals surface area contributed by atoms with Crippen LogP contribution in [0.5, 0.6) is 5.75 Å². The zero-order valence-corrected chi connectivity index (χ0v) is 14.0. The van der Waals surface area contributed by atoms with Crippen LogP contribution in [0.15, 0.2) is 22.7 Å². The van der Waals surface area contributed by atoms with E-state index in [1.54, 1.807) is 14.0 Å². The fourth-order valence-corrected chi connectivity index (χ4v) is 2.12. The highest BCUT2D eigenvalue weighted by atomic mass is 79.9. The Hall–Kier alpha value is -1.07. The van der Waals surface area contributed by atoms with Crippen LogP contribution in [0.3, 0.4) is 0 Å². The maximum Gasteiger partial charge on any atom is 0.260 e. The van der Waals surface area contributed by atoms with Crippen LogP contribution in [0.2, 0.25) is 0 Å². The van der Waals surface area contributed by atoms with E-state index in [1.165, 1.54) is 0 Å². The maximum absolute atomic E-state index is 11.9. The van der Waals surface area contributed by atoms with Crippen LogP contribution in [0.25, 0.3) is 0 Å². The number of benzene rings is 1. The van der Waals surface area contributed by atoms with Gasteiger partial charge in [0.1, 0.15) is 5.75 Å². The van der Waals surface area contributed by atoms with E-state index in [9.17, 15) is 4.79 Å². The molecule has 1 N–H and O–H groups in total. The average molecular weight is 344 g/mol. The third-order valence-corrected chi connectivity index (χ3v) is 3.37. The third-order valence-electron chi connectivity index (χ3n) is 2.87. The first-order valence-electron chi connectivity index (χ1n) is 6.68. The van der Waals surface area contributed by atoms with Gasteiger partial charge in [0.2, 0.25) is 0 Å². The molecule has 5 heteroatoms. The van der Waals surface area contributed by atoms with Gasteiger partial charge in [-0.3, -0.25) is 4.79 Å². The van der Waals surface area contributed by atoms with E-state index in [-0.39, 0.29) is 5.91 Å². The molecule has 20 heavy (non-hydrogen) atoms. The van der Waals surface area contributed by atoms with Crippen molar-refractivity contribution < 1.29 is 14.3 Å². The van der Waals surface area contributed by atoms with Gasteiger partial charge in [0.15, 0.2) is 6.10 Å². The Morgan fingerprint density at radius 1 is 1.35 bits per heavy atom. The summed E-state index contributed by atoms with van der Waals surface area (Å²) in [7, 11) is 1.60. The summed E-state index contributed by atoms with van der Waals surface area (Å²) in [5.41, 5.74) is 1.08. The standard InChI is InChI=1S/C15H22BrNO3/c1-10(2)13-9-12(16)5-6-14(13)20-11(3)15(18)17-7-8-19-4/h5-6,9-11H,7-8H2,1-4H3,(H,17,18). The monoisotopic (exact) mass is 343 g/mol. The smallest absolute Gasteiger partial charge is 0.260 e. The number of ether oxygens (including phenoxy) is 2. The van der Waals surface area contributed by atoms with Crippen molar-refractivity contribution in [1.82, 2.24) is 5.32 Å². The summed E-state index contributed by atoms with van der Waals surface area (Å²) in [4.78, 5) is 11.9. The van der Waals surface area contributed by atoms with Crippen molar-refractivity contribution in [3.63, 3.8) is 0 Å². The van der Waals surface area contributed by atoms with E-state index in [4.69, 9.17) is 9.47 Å². The van der Waals surface area contributed by atoms with Gasteiger partial charge in [0.05, 0.1) is 6.61 Å². The van der Waals surface area contributed by atoms with Gasteiger partial charge in [0.25, 0.3) is 5.91 Å². The fraction of sp³-hybridized carbons (Fsp3) is 0.533. The summed E-state index contributed by atoms with van der Waals surface area (Å²) in [5.74, 6) is 0.934. The van der Waals surface area contributed by atoms with Crippen molar-refractivity contribution in [2.24, 2.45) is 0 Å². The van der Waals surface area contributed by atoms with Gasteiger partial charge in [-0.2, -0.15) is 0 Å². The molecule has 0 saturated heterocycles. The van der Waals surface area contributed by atoms with E-state index in [2.05, 4.69) is 35.1 Å². The fourth-order valence-electron chi connectivity index (χ4n) is 1.74. The molecular formula is C15H22BrNO3. The van der Waals surface area contributed by atoms with Crippen molar-refractivity contribution >= 4 is 21.8 Å². The third kappa shape index (κ3) is 5.13. The van der Waals surface area contributed by atoms with Gasteiger partial charge in [-0.25, -0.2) is 0 Å². The lowest BCUT2D eigenvalue weighted by molar-refractivity contribution is -0.127. The zero-order valence-electron chi connectivity index (χ0n) is 12.4. The second kappa shape index (κ2) is 8.27. The van der Waals surface area contributed by atoms with Gasteiger partial charge < -0.3 is 14.8 Å². The molecule has 0 aliphatic carbocycles. The number of carbonyl (C=O) groups is 1. The minimum atomic E-state index is -0.537. The molecule has 0 saturated carbocycles. The summed E-state index contributed by atoms with van der Waals surface area (Å²) >= 11 is 3.45. The number of methoxy groups -OCH3 is 1. The number of carbonyl (C=O) groups excluding carboxylic acids is 1. The lowest BCUT2D eigenvalue weighted by Crippen LogP contribution is -2.38. The van der Waals surface area contributed by atoms with Crippen LogP contribution in [-0.4, -0.2) is 32.3 Å². The van der Waals surface area contributed by atoms with E-state index in [0.29, 0.717) is 19.1 Å². The molecule has 1 aromatic carbocycles. The van der Waals surface area contributed by atoms with E-state index >= 15 is 0 Å². The largest absolute Gasteiger partial charge is 0.481 e. The average Bonchev–Trinajstić information content (AvgIpc) is 2.40. The highest BCUT2D eigenvalue weighted by molar-refractivity contribution is 9.10. The molecule has 0 aliphatic rings. The lowest BCUT2D eigenvalue weighted by Gasteiger charge is -2.19. The molecule has 0 aliphatic heterocycles. The van der Waals surface area contributed by atoms with Crippen LogP contribution in [0.4, 0.5) is 0 Å². The number of nitrogens with one attached hydrogen (secondary N) is 1. The first-order valence-corrected chi connectivity index (χ1v) is 7.47. The van der Waals surface area contributed by atoms with Gasteiger partial charge in [-0.05, 0) is 36.6 Å². The molecule has 0 spiro atoms. The van der Waals surface area contributed by atoms with Crippen LogP contribution >= 0.6 is 15.9 Å². The Morgan fingerprint density at radius 3 is 2.65 bits per heavy atom. The molecule has 1 atom stereocenters. The van der Waals surface area contributed by atoms with Gasteiger partial charge in [0, 0.05) is 18.1 Å². The van der Waals surface area contributed by atoms with Crippen molar-refractivity contribution in [2.75, 3.05) is 20.3 Å². The van der Waals surface area contributed by atoms with Crippen LogP contribution in [0, 0.1) is 0 Å². The molecule has 1 aromatic rings. The molecule has 4 nitrogen and oxygen atoms in total. The molecule has 0 radical (unpaired) electrons. The highest BCUT2D eigenvalue weighted by Gasteiger charge is 2.17. The molecule has 0 aromatic heterocycles. The molecule has 1 unspecified atom stereocenters. The quantitative estimate of drug-likeness (QED) is 0.774. The normalized spacial score (nSPS) is 12.3. The van der Waals surface area contributed by atoms with E-state index in [1.807, 2.05) is 18.2 Å². The minimum Gasteiger partial charge on any atom is -0.481 e.